The van der Waals surface area contributed by atoms with E-state index in [0.717, 1.165) is 18.5 Å². The van der Waals surface area contributed by atoms with Crippen molar-refractivity contribution in [3.05, 3.63) is 59.9 Å². The van der Waals surface area contributed by atoms with Crippen LogP contribution in [0.1, 0.15) is 29.9 Å². The van der Waals surface area contributed by atoms with E-state index in [9.17, 15) is 4.79 Å². The number of amides is 1. The summed E-state index contributed by atoms with van der Waals surface area (Å²) in [4.78, 5) is 16.1. The Morgan fingerprint density at radius 3 is 2.95 bits per heavy atom. The zero-order chi connectivity index (χ0) is 15.2. The van der Waals surface area contributed by atoms with Crippen LogP contribution in [-0.2, 0) is 11.2 Å². The van der Waals surface area contributed by atoms with Crippen LogP contribution in [0.15, 0.2) is 48.8 Å². The Labute approximate surface area is 131 Å². The zero-order valence-electron chi connectivity index (χ0n) is 12.6. The number of carbonyl (C=O) groups excluding carboxylic acids is 1. The largest absolute Gasteiger partial charge is 0.382 e. The van der Waals surface area contributed by atoms with Crippen LogP contribution in [0.25, 0.3) is 0 Å². The highest BCUT2D eigenvalue weighted by Gasteiger charge is 2.23. The predicted molar refractivity (Wildman–Crippen MR) is 87.9 cm³/mol. The SMILES string of the molecule is O=C(C[C@@H]1CCc2ccccc21)NCCNc1cccnc1. The van der Waals surface area contributed by atoms with Crippen molar-refractivity contribution in [3.8, 4) is 0 Å². The Kier molecular flexibility index (Phi) is 4.68. The molecule has 1 aliphatic rings. The van der Waals surface area contributed by atoms with E-state index in [1.54, 1.807) is 12.4 Å². The first-order chi connectivity index (χ1) is 10.8. The molecule has 114 valence electrons. The lowest BCUT2D eigenvalue weighted by molar-refractivity contribution is -0.121. The molecule has 4 nitrogen and oxygen atoms in total. The number of aryl methyl sites for hydroxylation is 1. The molecule has 0 aliphatic heterocycles. The van der Waals surface area contributed by atoms with E-state index < -0.39 is 0 Å². The number of anilines is 1. The number of pyridine rings is 1. The molecular weight excluding hydrogens is 274 g/mol. The minimum absolute atomic E-state index is 0.134. The van der Waals surface area contributed by atoms with Crippen LogP contribution in [0.5, 0.6) is 0 Å². The van der Waals surface area contributed by atoms with Gasteiger partial charge in [0.2, 0.25) is 5.91 Å². The van der Waals surface area contributed by atoms with Gasteiger partial charge in [-0.2, -0.15) is 0 Å². The van der Waals surface area contributed by atoms with Gasteiger partial charge in [-0.05, 0) is 42.0 Å². The standard InChI is InChI=1S/C18H21N3O/c22-18(21-11-10-20-16-5-3-9-19-13-16)12-15-8-7-14-4-1-2-6-17(14)15/h1-6,9,13,15,20H,7-8,10-12H2,(H,21,22)/t15-/m0/s1. The molecule has 0 radical (unpaired) electrons. The number of hydrogen-bond donors (Lipinski definition) is 2. The lowest BCUT2D eigenvalue weighted by Crippen LogP contribution is -2.29. The van der Waals surface area contributed by atoms with Crippen LogP contribution < -0.4 is 10.6 Å². The molecule has 1 amide bonds. The smallest absolute Gasteiger partial charge is 0.220 e. The fraction of sp³-hybridized carbons (Fsp3) is 0.333. The summed E-state index contributed by atoms with van der Waals surface area (Å²) in [5.41, 5.74) is 3.73. The van der Waals surface area contributed by atoms with E-state index in [-0.39, 0.29) is 5.91 Å². The second kappa shape index (κ2) is 7.07. The summed E-state index contributed by atoms with van der Waals surface area (Å²) >= 11 is 0. The third kappa shape index (κ3) is 3.64. The van der Waals surface area contributed by atoms with Crippen molar-refractivity contribution in [1.29, 1.82) is 0 Å². The Bertz CT molecular complexity index is 627. The summed E-state index contributed by atoms with van der Waals surface area (Å²) in [6.45, 7) is 1.33. The number of carbonyl (C=O) groups is 1. The highest BCUT2D eigenvalue weighted by molar-refractivity contribution is 5.77. The van der Waals surface area contributed by atoms with Gasteiger partial charge in [-0.25, -0.2) is 0 Å². The normalized spacial score (nSPS) is 16.1. The molecular formula is C18H21N3O. The fourth-order valence-corrected chi connectivity index (χ4v) is 3.03. The lowest BCUT2D eigenvalue weighted by atomic mass is 9.97. The van der Waals surface area contributed by atoms with Crippen molar-refractivity contribution < 1.29 is 4.79 Å². The minimum atomic E-state index is 0.134. The van der Waals surface area contributed by atoms with Gasteiger partial charge < -0.3 is 10.6 Å². The van der Waals surface area contributed by atoms with Crippen molar-refractivity contribution in [1.82, 2.24) is 10.3 Å². The summed E-state index contributed by atoms with van der Waals surface area (Å²) < 4.78 is 0. The Morgan fingerprint density at radius 2 is 2.09 bits per heavy atom. The summed E-state index contributed by atoms with van der Waals surface area (Å²) in [5, 5.41) is 6.22. The van der Waals surface area contributed by atoms with E-state index in [1.165, 1.54) is 11.1 Å². The molecule has 0 unspecified atom stereocenters. The molecule has 1 heterocycles. The number of nitrogens with zero attached hydrogens (tertiary/aromatic N) is 1. The van der Waals surface area contributed by atoms with Gasteiger partial charge in [-0.15, -0.1) is 0 Å². The van der Waals surface area contributed by atoms with E-state index in [1.807, 2.05) is 12.1 Å². The maximum atomic E-state index is 12.1. The third-order valence-electron chi connectivity index (χ3n) is 4.13. The molecule has 22 heavy (non-hydrogen) atoms. The van der Waals surface area contributed by atoms with Crippen LogP contribution in [0.3, 0.4) is 0 Å². The van der Waals surface area contributed by atoms with E-state index in [0.29, 0.717) is 25.4 Å². The molecule has 2 N–H and O–H groups in total. The Morgan fingerprint density at radius 1 is 1.18 bits per heavy atom. The van der Waals surface area contributed by atoms with Gasteiger partial charge in [-0.1, -0.05) is 24.3 Å². The average molecular weight is 295 g/mol. The summed E-state index contributed by atoms with van der Waals surface area (Å²) in [6.07, 6.45) is 6.28. The van der Waals surface area contributed by atoms with Gasteiger partial charge in [-0.3, -0.25) is 9.78 Å². The molecule has 0 saturated carbocycles. The second-order valence-corrected chi connectivity index (χ2v) is 5.66. The van der Waals surface area contributed by atoms with Gasteiger partial charge in [0.05, 0.1) is 5.69 Å². The first kappa shape index (κ1) is 14.6. The maximum Gasteiger partial charge on any atom is 0.220 e. The quantitative estimate of drug-likeness (QED) is 0.806. The lowest BCUT2D eigenvalue weighted by Gasteiger charge is -2.12. The summed E-state index contributed by atoms with van der Waals surface area (Å²) in [7, 11) is 0. The third-order valence-corrected chi connectivity index (χ3v) is 4.13. The molecule has 0 bridgehead atoms. The number of nitrogens with one attached hydrogen (secondary N) is 2. The highest BCUT2D eigenvalue weighted by atomic mass is 16.1. The van der Waals surface area contributed by atoms with Crippen molar-refractivity contribution in [2.45, 2.75) is 25.2 Å². The van der Waals surface area contributed by atoms with Gasteiger partial charge >= 0.3 is 0 Å². The van der Waals surface area contributed by atoms with E-state index >= 15 is 0 Å². The van der Waals surface area contributed by atoms with Gasteiger partial charge in [0.15, 0.2) is 0 Å². The zero-order valence-corrected chi connectivity index (χ0v) is 12.6. The van der Waals surface area contributed by atoms with E-state index in [2.05, 4.69) is 39.9 Å². The summed E-state index contributed by atoms with van der Waals surface area (Å²) in [5.74, 6) is 0.511. The molecule has 1 aromatic carbocycles. The average Bonchev–Trinajstić information content (AvgIpc) is 2.96. The van der Waals surface area contributed by atoms with Crippen molar-refractivity contribution in [2.24, 2.45) is 0 Å². The first-order valence-corrected chi connectivity index (χ1v) is 7.81. The topological polar surface area (TPSA) is 54.0 Å². The number of benzene rings is 1. The molecule has 0 fully saturated rings. The van der Waals surface area contributed by atoms with Gasteiger partial charge in [0.1, 0.15) is 0 Å². The van der Waals surface area contributed by atoms with Gasteiger partial charge in [0, 0.05) is 31.9 Å². The number of hydrogen-bond acceptors (Lipinski definition) is 3. The van der Waals surface area contributed by atoms with Crippen LogP contribution in [0, 0.1) is 0 Å². The van der Waals surface area contributed by atoms with Crippen molar-refractivity contribution in [3.63, 3.8) is 0 Å². The highest BCUT2D eigenvalue weighted by Crippen LogP contribution is 2.34. The summed E-state index contributed by atoms with van der Waals surface area (Å²) in [6, 6.07) is 12.3. The molecule has 4 heteroatoms. The molecule has 0 saturated heterocycles. The molecule has 1 aliphatic carbocycles. The van der Waals surface area contributed by atoms with Crippen LogP contribution in [0.2, 0.25) is 0 Å². The predicted octanol–water partition coefficient (Wildman–Crippen LogP) is 2.73. The molecule has 3 rings (SSSR count). The van der Waals surface area contributed by atoms with Crippen molar-refractivity contribution >= 4 is 11.6 Å². The number of rotatable bonds is 6. The van der Waals surface area contributed by atoms with Crippen LogP contribution in [-0.4, -0.2) is 24.0 Å². The molecule has 0 spiro atoms. The Hall–Kier alpha value is -2.36. The number of aromatic nitrogens is 1. The fourth-order valence-electron chi connectivity index (χ4n) is 3.03. The first-order valence-electron chi connectivity index (χ1n) is 7.81. The Balaban J connectivity index is 1.40. The second-order valence-electron chi connectivity index (χ2n) is 5.66. The molecule has 1 atom stereocenters. The van der Waals surface area contributed by atoms with Crippen molar-refractivity contribution in [2.75, 3.05) is 18.4 Å². The molecule has 2 aromatic rings. The monoisotopic (exact) mass is 295 g/mol. The van der Waals surface area contributed by atoms with Crippen LogP contribution >= 0.6 is 0 Å². The van der Waals surface area contributed by atoms with E-state index in [4.69, 9.17) is 0 Å². The maximum absolute atomic E-state index is 12.1. The minimum Gasteiger partial charge on any atom is -0.382 e. The number of fused-ring (bicyclic) bond motifs is 1. The molecule has 1 aromatic heterocycles. The van der Waals surface area contributed by atoms with Crippen LogP contribution in [0.4, 0.5) is 5.69 Å². The van der Waals surface area contributed by atoms with Gasteiger partial charge in [0.25, 0.3) is 0 Å².